The van der Waals surface area contributed by atoms with Crippen molar-refractivity contribution in [2.45, 2.75) is 52.9 Å². The number of halogens is 2. The summed E-state index contributed by atoms with van der Waals surface area (Å²) in [6, 6.07) is 17.4. The van der Waals surface area contributed by atoms with Crippen molar-refractivity contribution in [3.8, 4) is 0 Å². The molecule has 2 aromatic carbocycles. The summed E-state index contributed by atoms with van der Waals surface area (Å²) in [5.74, 6) is 1.02. The molecule has 8 heteroatoms. The van der Waals surface area contributed by atoms with Gasteiger partial charge in [0.1, 0.15) is 17.9 Å². The number of para-hydroxylation sites is 3. The van der Waals surface area contributed by atoms with Crippen molar-refractivity contribution in [3.05, 3.63) is 54.4 Å². The monoisotopic (exact) mass is 448 g/mol. The molecule has 0 N–H and O–H groups in total. The van der Waals surface area contributed by atoms with Crippen molar-refractivity contribution in [1.82, 2.24) is 29.4 Å². The molecular formula is C22H30Cl2N6. The largest absolute Gasteiger partial charge is 0.325 e. The molecule has 0 spiro atoms. The second-order valence-electron chi connectivity index (χ2n) is 7.83. The summed E-state index contributed by atoms with van der Waals surface area (Å²) in [4.78, 5) is 7.44. The zero-order valence-corrected chi connectivity index (χ0v) is 19.5. The van der Waals surface area contributed by atoms with Gasteiger partial charge in [-0.1, -0.05) is 29.5 Å². The summed E-state index contributed by atoms with van der Waals surface area (Å²) in [5.41, 5.74) is 4.15. The van der Waals surface area contributed by atoms with Crippen molar-refractivity contribution in [2.75, 3.05) is 6.54 Å². The van der Waals surface area contributed by atoms with Gasteiger partial charge in [0.15, 0.2) is 0 Å². The predicted molar refractivity (Wildman–Crippen MR) is 128 cm³/mol. The fourth-order valence-electron chi connectivity index (χ4n) is 3.99. The van der Waals surface area contributed by atoms with Crippen molar-refractivity contribution < 1.29 is 0 Å². The van der Waals surface area contributed by atoms with Gasteiger partial charge in [0.05, 0.1) is 16.6 Å². The summed E-state index contributed by atoms with van der Waals surface area (Å²) in [6.07, 6.45) is 0. The molecule has 2 heterocycles. The number of rotatable bonds is 7. The normalized spacial score (nSPS) is 11.4. The summed E-state index contributed by atoms with van der Waals surface area (Å²) < 4.78 is 4.28. The third-order valence-electron chi connectivity index (χ3n) is 5.35. The molecule has 0 atom stereocenters. The molecule has 0 saturated carbocycles. The molecule has 0 aliphatic heterocycles. The summed E-state index contributed by atoms with van der Waals surface area (Å²) in [7, 11) is 0. The summed E-state index contributed by atoms with van der Waals surface area (Å²) >= 11 is 0. The van der Waals surface area contributed by atoms with Crippen molar-refractivity contribution in [1.29, 1.82) is 0 Å². The van der Waals surface area contributed by atoms with E-state index in [1.165, 1.54) is 5.52 Å². The SMILES string of the molecule is CC(C)N(CCn1c(Cn2nnc3ccccc32)nc2ccccc21)C(C)C.Cl.Cl. The maximum absolute atomic E-state index is 4.92. The predicted octanol–water partition coefficient (Wildman–Crippen LogP) is 4.79. The minimum absolute atomic E-state index is 0. The Morgan fingerprint density at radius 1 is 0.833 bits per heavy atom. The number of imidazole rings is 1. The van der Waals surface area contributed by atoms with Gasteiger partial charge in [-0.3, -0.25) is 4.90 Å². The third kappa shape index (κ3) is 4.77. The maximum Gasteiger partial charge on any atom is 0.131 e. The minimum Gasteiger partial charge on any atom is -0.325 e. The van der Waals surface area contributed by atoms with Gasteiger partial charge in [-0.2, -0.15) is 0 Å². The molecule has 0 bridgehead atoms. The van der Waals surface area contributed by atoms with Gasteiger partial charge in [-0.15, -0.1) is 29.9 Å². The van der Waals surface area contributed by atoms with E-state index >= 15 is 0 Å². The zero-order chi connectivity index (χ0) is 19.7. The maximum atomic E-state index is 4.92. The molecule has 0 radical (unpaired) electrons. The van der Waals surface area contributed by atoms with E-state index in [1.807, 2.05) is 28.9 Å². The van der Waals surface area contributed by atoms with E-state index in [4.69, 9.17) is 4.98 Å². The summed E-state index contributed by atoms with van der Waals surface area (Å²) in [6.45, 7) is 11.5. The number of hydrogen-bond donors (Lipinski definition) is 0. The molecule has 0 fully saturated rings. The first-order valence-corrected chi connectivity index (χ1v) is 10.0. The van der Waals surface area contributed by atoms with Crippen LogP contribution in [-0.4, -0.2) is 48.1 Å². The van der Waals surface area contributed by atoms with Gasteiger partial charge in [-0.05, 0) is 52.0 Å². The first kappa shape index (κ1) is 24.1. The molecule has 0 unspecified atom stereocenters. The Morgan fingerprint density at radius 3 is 2.10 bits per heavy atom. The fraction of sp³-hybridized carbons (Fsp3) is 0.409. The molecule has 0 aliphatic carbocycles. The molecular weight excluding hydrogens is 419 g/mol. The molecule has 0 saturated heterocycles. The van der Waals surface area contributed by atoms with E-state index in [9.17, 15) is 0 Å². The molecule has 2 aromatic heterocycles. The minimum atomic E-state index is 0. The van der Waals surface area contributed by atoms with Crippen LogP contribution in [0.15, 0.2) is 48.5 Å². The van der Waals surface area contributed by atoms with E-state index < -0.39 is 0 Å². The Hall–Kier alpha value is -2.15. The quantitative estimate of drug-likeness (QED) is 0.407. The smallest absolute Gasteiger partial charge is 0.131 e. The van der Waals surface area contributed by atoms with Crippen LogP contribution >= 0.6 is 24.8 Å². The molecule has 0 aliphatic rings. The summed E-state index contributed by atoms with van der Waals surface area (Å²) in [5, 5.41) is 8.64. The highest BCUT2D eigenvalue weighted by Crippen LogP contribution is 2.19. The first-order chi connectivity index (χ1) is 13.5. The Bertz CT molecular complexity index is 1080. The van der Waals surface area contributed by atoms with Crippen LogP contribution < -0.4 is 0 Å². The van der Waals surface area contributed by atoms with Gasteiger partial charge in [0.2, 0.25) is 0 Å². The standard InChI is InChI=1S/C22H28N6.2ClH/c1-16(2)26(17(3)4)13-14-27-20-11-7-5-9-18(20)23-22(27)15-28-21-12-8-6-10-19(21)24-25-28;;/h5-12,16-17H,13-15H2,1-4H3;2*1H. The van der Waals surface area contributed by atoms with Gasteiger partial charge in [0.25, 0.3) is 0 Å². The molecule has 4 rings (SSSR count). The molecule has 30 heavy (non-hydrogen) atoms. The lowest BCUT2D eigenvalue weighted by Gasteiger charge is -2.30. The number of nitrogens with zero attached hydrogens (tertiary/aromatic N) is 6. The number of benzene rings is 2. The van der Waals surface area contributed by atoms with E-state index in [-0.39, 0.29) is 24.8 Å². The highest BCUT2D eigenvalue weighted by molar-refractivity contribution is 5.85. The lowest BCUT2D eigenvalue weighted by Crippen LogP contribution is -2.39. The average Bonchev–Trinajstić information content (AvgIpc) is 3.23. The van der Waals surface area contributed by atoms with E-state index in [0.29, 0.717) is 18.6 Å². The van der Waals surface area contributed by atoms with Crippen LogP contribution in [0, 0.1) is 0 Å². The lowest BCUT2D eigenvalue weighted by atomic mass is 10.2. The van der Waals surface area contributed by atoms with E-state index in [0.717, 1.165) is 35.5 Å². The van der Waals surface area contributed by atoms with Gasteiger partial charge in [0, 0.05) is 25.2 Å². The fourth-order valence-corrected chi connectivity index (χ4v) is 3.99. The van der Waals surface area contributed by atoms with Gasteiger partial charge >= 0.3 is 0 Å². The van der Waals surface area contributed by atoms with Crippen molar-refractivity contribution in [3.63, 3.8) is 0 Å². The highest BCUT2D eigenvalue weighted by Gasteiger charge is 2.17. The van der Waals surface area contributed by atoms with Crippen LogP contribution in [0.1, 0.15) is 33.5 Å². The Morgan fingerprint density at radius 2 is 1.43 bits per heavy atom. The number of aromatic nitrogens is 5. The average molecular weight is 449 g/mol. The molecule has 0 amide bonds. The Labute approximate surface area is 190 Å². The van der Waals surface area contributed by atoms with E-state index in [2.05, 4.69) is 71.7 Å². The Kier molecular flexibility index (Phi) is 8.24. The lowest BCUT2D eigenvalue weighted by molar-refractivity contribution is 0.168. The van der Waals surface area contributed by atoms with Crippen LogP contribution in [0.25, 0.3) is 22.1 Å². The molecule has 162 valence electrons. The van der Waals surface area contributed by atoms with Gasteiger partial charge < -0.3 is 4.57 Å². The zero-order valence-electron chi connectivity index (χ0n) is 17.9. The van der Waals surface area contributed by atoms with Gasteiger partial charge in [-0.25, -0.2) is 9.67 Å². The van der Waals surface area contributed by atoms with Crippen molar-refractivity contribution in [2.24, 2.45) is 0 Å². The third-order valence-corrected chi connectivity index (χ3v) is 5.35. The van der Waals surface area contributed by atoms with Crippen LogP contribution in [0.3, 0.4) is 0 Å². The van der Waals surface area contributed by atoms with Crippen LogP contribution in [0.2, 0.25) is 0 Å². The number of hydrogen-bond acceptors (Lipinski definition) is 4. The second-order valence-corrected chi connectivity index (χ2v) is 7.83. The molecule has 4 aromatic rings. The van der Waals surface area contributed by atoms with E-state index in [1.54, 1.807) is 0 Å². The topological polar surface area (TPSA) is 51.8 Å². The first-order valence-electron chi connectivity index (χ1n) is 10.0. The number of fused-ring (bicyclic) bond motifs is 2. The highest BCUT2D eigenvalue weighted by atomic mass is 35.5. The van der Waals surface area contributed by atoms with Crippen LogP contribution in [-0.2, 0) is 13.1 Å². The van der Waals surface area contributed by atoms with Crippen molar-refractivity contribution >= 4 is 46.9 Å². The second kappa shape index (κ2) is 10.2. The van der Waals surface area contributed by atoms with Crippen LogP contribution in [0.5, 0.6) is 0 Å². The Balaban J connectivity index is 0.00000160. The van der Waals surface area contributed by atoms with Crippen LogP contribution in [0.4, 0.5) is 0 Å². The molecule has 6 nitrogen and oxygen atoms in total.